The zero-order chi connectivity index (χ0) is 21.7. The molecule has 2 aromatic rings. The van der Waals surface area contributed by atoms with Crippen LogP contribution in [0.15, 0.2) is 66.2 Å². The van der Waals surface area contributed by atoms with Crippen molar-refractivity contribution in [2.75, 3.05) is 11.9 Å². The van der Waals surface area contributed by atoms with Crippen molar-refractivity contribution in [3.63, 3.8) is 0 Å². The number of nitrogens with one attached hydrogen (secondary N) is 1. The van der Waals surface area contributed by atoms with Crippen LogP contribution >= 0.6 is 11.8 Å². The van der Waals surface area contributed by atoms with E-state index in [2.05, 4.69) is 16.9 Å². The van der Waals surface area contributed by atoms with Gasteiger partial charge >= 0.3 is 0 Å². The molecule has 1 aliphatic rings. The predicted molar refractivity (Wildman–Crippen MR) is 121 cm³/mol. The first kappa shape index (κ1) is 21.5. The summed E-state index contributed by atoms with van der Waals surface area (Å²) in [6.07, 6.45) is 1.67. The predicted octanol–water partition coefficient (Wildman–Crippen LogP) is 4.34. The lowest BCUT2D eigenvalue weighted by Crippen LogP contribution is -2.33. The first-order valence-corrected chi connectivity index (χ1v) is 10.4. The Morgan fingerprint density at radius 2 is 1.83 bits per heavy atom. The first-order chi connectivity index (χ1) is 14.4. The molecule has 0 unspecified atom stereocenters. The highest BCUT2D eigenvalue weighted by atomic mass is 32.2. The molecular weight excluding hydrogens is 398 g/mol. The molecule has 1 N–H and O–H groups in total. The van der Waals surface area contributed by atoms with E-state index in [9.17, 15) is 14.4 Å². The van der Waals surface area contributed by atoms with Crippen molar-refractivity contribution in [2.24, 2.45) is 4.99 Å². The van der Waals surface area contributed by atoms with Crippen LogP contribution in [0.5, 0.6) is 0 Å². The van der Waals surface area contributed by atoms with Crippen LogP contribution in [0.4, 0.5) is 11.4 Å². The number of thioether (sulfide) groups is 1. The second-order valence-electron chi connectivity index (χ2n) is 6.96. The van der Waals surface area contributed by atoms with E-state index in [-0.39, 0.29) is 24.0 Å². The van der Waals surface area contributed by atoms with Crippen molar-refractivity contribution < 1.29 is 14.4 Å². The van der Waals surface area contributed by atoms with E-state index in [1.54, 1.807) is 35.2 Å². The van der Waals surface area contributed by atoms with Crippen LogP contribution in [0.1, 0.15) is 29.3 Å². The van der Waals surface area contributed by atoms with Gasteiger partial charge in [-0.2, -0.15) is 0 Å². The maximum absolute atomic E-state index is 12.8. The average molecular weight is 422 g/mol. The Kier molecular flexibility index (Phi) is 6.84. The smallest absolute Gasteiger partial charge is 0.242 e. The number of aryl methyl sites for hydroxylation is 1. The zero-order valence-electron chi connectivity index (χ0n) is 16.9. The molecule has 6 nitrogen and oxygen atoms in total. The number of carbonyl (C=O) groups is 3. The van der Waals surface area contributed by atoms with Gasteiger partial charge in [0.15, 0.2) is 11.0 Å². The Morgan fingerprint density at radius 3 is 2.43 bits per heavy atom. The van der Waals surface area contributed by atoms with Crippen LogP contribution in [-0.2, 0) is 9.59 Å². The molecule has 0 radical (unpaired) electrons. The van der Waals surface area contributed by atoms with Gasteiger partial charge in [0, 0.05) is 24.2 Å². The Bertz CT molecular complexity index is 997. The van der Waals surface area contributed by atoms with Gasteiger partial charge in [0.25, 0.3) is 0 Å². The molecule has 1 aliphatic heterocycles. The highest BCUT2D eigenvalue weighted by Gasteiger charge is 2.38. The average Bonchev–Trinajstić information content (AvgIpc) is 2.99. The largest absolute Gasteiger partial charge is 0.326 e. The summed E-state index contributed by atoms with van der Waals surface area (Å²) < 4.78 is 0. The number of ketones is 1. The minimum Gasteiger partial charge on any atom is -0.326 e. The van der Waals surface area contributed by atoms with E-state index in [0.29, 0.717) is 23.0 Å². The van der Waals surface area contributed by atoms with Gasteiger partial charge in [-0.3, -0.25) is 19.3 Å². The van der Waals surface area contributed by atoms with E-state index < -0.39 is 5.25 Å². The van der Waals surface area contributed by atoms with Gasteiger partial charge in [0.2, 0.25) is 11.8 Å². The second-order valence-corrected chi connectivity index (χ2v) is 8.13. The SMILES string of the molecule is C=CCN1C(=O)[C@@H](CC(=O)Nc2ccc(C(C)=O)cc2)SC1=Nc1ccc(C)cc1. The molecule has 1 fully saturated rings. The van der Waals surface area contributed by atoms with Gasteiger partial charge < -0.3 is 5.32 Å². The maximum atomic E-state index is 12.8. The third-order valence-corrected chi connectivity index (χ3v) is 5.71. The number of amides is 2. The summed E-state index contributed by atoms with van der Waals surface area (Å²) in [5.41, 5.74) is 3.03. The van der Waals surface area contributed by atoms with Gasteiger partial charge in [-0.05, 0) is 50.2 Å². The lowest BCUT2D eigenvalue weighted by molar-refractivity contribution is -0.127. The lowest BCUT2D eigenvalue weighted by Gasteiger charge is -2.13. The van der Waals surface area contributed by atoms with Crippen LogP contribution in [-0.4, -0.2) is 39.5 Å². The van der Waals surface area contributed by atoms with Crippen molar-refractivity contribution in [2.45, 2.75) is 25.5 Å². The monoisotopic (exact) mass is 421 g/mol. The number of carbonyl (C=O) groups excluding carboxylic acids is 3. The molecule has 3 rings (SSSR count). The van der Waals surface area contributed by atoms with E-state index in [1.807, 2.05) is 31.2 Å². The molecule has 1 heterocycles. The van der Waals surface area contributed by atoms with Gasteiger partial charge in [-0.1, -0.05) is 35.5 Å². The molecule has 154 valence electrons. The fraction of sp³-hybridized carbons (Fsp3) is 0.217. The minimum atomic E-state index is -0.550. The van der Waals surface area contributed by atoms with Crippen LogP contribution < -0.4 is 5.32 Å². The zero-order valence-corrected chi connectivity index (χ0v) is 17.7. The quantitative estimate of drug-likeness (QED) is 0.533. The summed E-state index contributed by atoms with van der Waals surface area (Å²) in [7, 11) is 0. The Balaban J connectivity index is 1.70. The summed E-state index contributed by atoms with van der Waals surface area (Å²) in [4.78, 5) is 42.8. The van der Waals surface area contributed by atoms with Gasteiger partial charge in [-0.15, -0.1) is 6.58 Å². The van der Waals surface area contributed by atoms with E-state index in [1.165, 1.54) is 18.7 Å². The van der Waals surface area contributed by atoms with E-state index in [0.717, 1.165) is 11.3 Å². The molecular formula is C23H23N3O3S. The normalized spacial score (nSPS) is 17.3. The molecule has 0 aromatic heterocycles. The van der Waals surface area contributed by atoms with Crippen LogP contribution in [0.25, 0.3) is 0 Å². The molecule has 0 aliphatic carbocycles. The highest BCUT2D eigenvalue weighted by Crippen LogP contribution is 2.32. The molecule has 7 heteroatoms. The molecule has 2 amide bonds. The van der Waals surface area contributed by atoms with E-state index >= 15 is 0 Å². The molecule has 1 saturated heterocycles. The number of Topliss-reactive ketones (excluding diaryl/α,β-unsaturated/α-hetero) is 1. The van der Waals surface area contributed by atoms with Crippen molar-refractivity contribution in [1.29, 1.82) is 0 Å². The fourth-order valence-corrected chi connectivity index (χ4v) is 4.09. The summed E-state index contributed by atoms with van der Waals surface area (Å²) in [5, 5.41) is 2.79. The maximum Gasteiger partial charge on any atom is 0.242 e. The van der Waals surface area contributed by atoms with Crippen LogP contribution in [0.2, 0.25) is 0 Å². The number of amidine groups is 1. The molecule has 2 aromatic carbocycles. The number of rotatable bonds is 7. The molecule has 30 heavy (non-hydrogen) atoms. The molecule has 0 saturated carbocycles. The van der Waals surface area contributed by atoms with Crippen molar-refractivity contribution in [3.05, 3.63) is 72.3 Å². The Hall–Kier alpha value is -3.19. The molecule has 1 atom stereocenters. The number of anilines is 1. The van der Waals surface area contributed by atoms with Crippen LogP contribution in [0, 0.1) is 6.92 Å². The molecule has 0 spiro atoms. The Labute approximate surface area is 180 Å². The van der Waals surface area contributed by atoms with Gasteiger partial charge in [0.05, 0.1) is 5.69 Å². The van der Waals surface area contributed by atoms with Crippen molar-refractivity contribution >= 4 is 45.9 Å². The Morgan fingerprint density at radius 1 is 1.17 bits per heavy atom. The number of hydrogen-bond acceptors (Lipinski definition) is 5. The number of benzene rings is 2. The van der Waals surface area contributed by atoms with Crippen molar-refractivity contribution in [1.82, 2.24) is 4.90 Å². The van der Waals surface area contributed by atoms with Gasteiger partial charge in [0.1, 0.15) is 5.25 Å². The summed E-state index contributed by atoms with van der Waals surface area (Å²) >= 11 is 1.28. The second kappa shape index (κ2) is 9.54. The number of hydrogen-bond donors (Lipinski definition) is 1. The standard InChI is InChI=1S/C23H23N3O3S/c1-4-13-26-22(29)20(30-23(26)25-19-9-5-15(2)6-10-19)14-21(28)24-18-11-7-17(8-12-18)16(3)27/h4-12,20H,1,13-14H2,2-3H3,(H,24,28)/t20-/m1/s1. The third-order valence-electron chi connectivity index (χ3n) is 4.54. The highest BCUT2D eigenvalue weighted by molar-refractivity contribution is 8.15. The summed E-state index contributed by atoms with van der Waals surface area (Å²) in [6, 6.07) is 14.4. The first-order valence-electron chi connectivity index (χ1n) is 9.52. The van der Waals surface area contributed by atoms with E-state index in [4.69, 9.17) is 0 Å². The van der Waals surface area contributed by atoms with Crippen molar-refractivity contribution in [3.8, 4) is 0 Å². The third kappa shape index (κ3) is 5.24. The minimum absolute atomic E-state index is 0.0263. The summed E-state index contributed by atoms with van der Waals surface area (Å²) in [5.74, 6) is -0.470. The van der Waals surface area contributed by atoms with Gasteiger partial charge in [-0.25, -0.2) is 4.99 Å². The number of nitrogens with zero attached hydrogens (tertiary/aromatic N) is 2. The lowest BCUT2D eigenvalue weighted by atomic mass is 10.1. The van der Waals surface area contributed by atoms with Crippen LogP contribution in [0.3, 0.4) is 0 Å². The fourth-order valence-electron chi connectivity index (χ4n) is 2.92. The number of aliphatic imine (C=N–C) groups is 1. The topological polar surface area (TPSA) is 78.8 Å². The summed E-state index contributed by atoms with van der Waals surface area (Å²) in [6.45, 7) is 7.53. The molecule has 0 bridgehead atoms.